The molecule has 112 valence electrons. The van der Waals surface area contributed by atoms with Gasteiger partial charge in [-0.15, -0.1) is 0 Å². The lowest BCUT2D eigenvalue weighted by molar-refractivity contribution is -0.0224. The topological polar surface area (TPSA) is 24.5 Å². The molecule has 3 heteroatoms. The smallest absolute Gasteiger partial charge is 0.0724 e. The monoisotopic (exact) mass is 268 g/mol. The van der Waals surface area contributed by atoms with Crippen LogP contribution < -0.4 is 5.32 Å². The lowest BCUT2D eigenvalue weighted by Gasteiger charge is -2.44. The summed E-state index contributed by atoms with van der Waals surface area (Å²) in [6.07, 6.45) is 4.43. The Morgan fingerprint density at radius 2 is 2.11 bits per heavy atom. The summed E-state index contributed by atoms with van der Waals surface area (Å²) in [6, 6.07) is 0. The molecule has 0 aliphatic carbocycles. The minimum absolute atomic E-state index is 0.409. The average Bonchev–Trinajstić information content (AvgIpc) is 2.42. The van der Waals surface area contributed by atoms with Crippen molar-refractivity contribution in [3.05, 3.63) is 0 Å². The molecule has 0 aromatic heterocycles. The van der Waals surface area contributed by atoms with Gasteiger partial charge in [0, 0.05) is 20.2 Å². The van der Waals surface area contributed by atoms with Gasteiger partial charge >= 0.3 is 0 Å². The molecule has 1 N–H and O–H groups in total. The number of hydrogen-bond acceptors (Lipinski definition) is 3. The lowest BCUT2D eigenvalue weighted by Crippen LogP contribution is -2.50. The van der Waals surface area contributed by atoms with Gasteiger partial charge in [0.15, 0.2) is 0 Å². The molecule has 2 rings (SSSR count). The summed E-state index contributed by atoms with van der Waals surface area (Å²) < 4.78 is 5.64. The van der Waals surface area contributed by atoms with E-state index < -0.39 is 0 Å². The number of rotatable bonds is 4. The first-order valence-corrected chi connectivity index (χ1v) is 7.99. The van der Waals surface area contributed by atoms with Crippen LogP contribution in [0.15, 0.2) is 0 Å². The Kier molecular flexibility index (Phi) is 5.27. The summed E-state index contributed by atoms with van der Waals surface area (Å²) in [5.74, 6) is 1.53. The molecule has 0 bridgehead atoms. The number of hydrogen-bond donors (Lipinski definition) is 1. The predicted molar refractivity (Wildman–Crippen MR) is 80.4 cm³/mol. The molecule has 0 spiro atoms. The maximum absolute atomic E-state index is 5.64. The molecule has 2 saturated heterocycles. The lowest BCUT2D eigenvalue weighted by atomic mass is 9.74. The highest BCUT2D eigenvalue weighted by Crippen LogP contribution is 2.33. The quantitative estimate of drug-likeness (QED) is 0.847. The Hall–Kier alpha value is -0.120. The van der Waals surface area contributed by atoms with Crippen molar-refractivity contribution in [2.24, 2.45) is 17.3 Å². The number of piperidine rings is 2. The minimum atomic E-state index is 0.409. The van der Waals surface area contributed by atoms with E-state index in [-0.39, 0.29) is 0 Å². The molecule has 3 atom stereocenters. The van der Waals surface area contributed by atoms with Crippen molar-refractivity contribution in [2.75, 3.05) is 39.8 Å². The molecule has 3 unspecified atom stereocenters. The largest absolute Gasteiger partial charge is 0.380 e. The maximum atomic E-state index is 5.64. The Morgan fingerprint density at radius 3 is 2.74 bits per heavy atom. The Labute approximate surface area is 119 Å². The Balaban J connectivity index is 1.88. The molecule has 2 heterocycles. The van der Waals surface area contributed by atoms with E-state index in [1.807, 2.05) is 7.11 Å². The zero-order chi connectivity index (χ0) is 13.9. The molecule has 0 radical (unpaired) electrons. The molecule has 0 saturated carbocycles. The highest BCUT2D eigenvalue weighted by atomic mass is 16.5. The second kappa shape index (κ2) is 6.55. The van der Waals surface area contributed by atoms with Gasteiger partial charge < -0.3 is 15.0 Å². The summed E-state index contributed by atoms with van der Waals surface area (Å²) >= 11 is 0. The van der Waals surface area contributed by atoms with Gasteiger partial charge in [-0.3, -0.25) is 0 Å². The van der Waals surface area contributed by atoms with Crippen molar-refractivity contribution in [3.63, 3.8) is 0 Å². The van der Waals surface area contributed by atoms with Crippen LogP contribution in [0, 0.1) is 17.3 Å². The summed E-state index contributed by atoms with van der Waals surface area (Å²) in [5, 5.41) is 3.56. The number of nitrogens with zero attached hydrogens (tertiary/aromatic N) is 1. The Morgan fingerprint density at radius 1 is 1.32 bits per heavy atom. The minimum Gasteiger partial charge on any atom is -0.380 e. The van der Waals surface area contributed by atoms with Crippen molar-refractivity contribution < 1.29 is 4.74 Å². The van der Waals surface area contributed by atoms with Crippen molar-refractivity contribution in [3.8, 4) is 0 Å². The van der Waals surface area contributed by atoms with Gasteiger partial charge in [0.25, 0.3) is 0 Å². The van der Waals surface area contributed by atoms with Crippen LogP contribution in [0.1, 0.15) is 40.0 Å². The normalized spacial score (nSPS) is 34.4. The van der Waals surface area contributed by atoms with E-state index in [9.17, 15) is 0 Å². The number of ether oxygens (including phenoxy) is 1. The van der Waals surface area contributed by atoms with E-state index in [0.29, 0.717) is 17.4 Å². The fraction of sp³-hybridized carbons (Fsp3) is 1.00. The third-order valence-corrected chi connectivity index (χ3v) is 5.31. The number of nitrogens with one attached hydrogen (secondary N) is 1. The second-order valence-corrected chi connectivity index (χ2v) is 7.31. The van der Waals surface area contributed by atoms with E-state index in [2.05, 4.69) is 31.0 Å². The molecule has 0 aromatic rings. The van der Waals surface area contributed by atoms with Crippen LogP contribution in [0.25, 0.3) is 0 Å². The van der Waals surface area contributed by atoms with Crippen LogP contribution in [-0.4, -0.2) is 50.8 Å². The second-order valence-electron chi connectivity index (χ2n) is 7.31. The molecular weight excluding hydrogens is 236 g/mol. The van der Waals surface area contributed by atoms with Gasteiger partial charge in [0.2, 0.25) is 0 Å². The van der Waals surface area contributed by atoms with Crippen LogP contribution in [0.3, 0.4) is 0 Å². The summed E-state index contributed by atoms with van der Waals surface area (Å²) in [4.78, 5) is 2.63. The number of methoxy groups -OCH3 is 1. The van der Waals surface area contributed by atoms with Crippen molar-refractivity contribution in [1.82, 2.24) is 10.2 Å². The molecule has 0 aromatic carbocycles. The standard InChI is InChI=1S/C16H32N2O/c1-13-7-9-18(11-15(13)19-4)12-16(2,3)14-6-5-8-17-10-14/h13-15,17H,5-12H2,1-4H3. The summed E-state index contributed by atoms with van der Waals surface area (Å²) in [5.41, 5.74) is 0.409. The van der Waals surface area contributed by atoms with Crippen molar-refractivity contribution in [2.45, 2.75) is 46.1 Å². The van der Waals surface area contributed by atoms with Crippen LogP contribution >= 0.6 is 0 Å². The van der Waals surface area contributed by atoms with Gasteiger partial charge in [-0.25, -0.2) is 0 Å². The SMILES string of the molecule is COC1CN(CC(C)(C)C2CCCNC2)CCC1C. The molecule has 0 amide bonds. The van der Waals surface area contributed by atoms with E-state index in [1.165, 1.54) is 45.4 Å². The van der Waals surface area contributed by atoms with Crippen LogP contribution in [0.2, 0.25) is 0 Å². The third kappa shape index (κ3) is 3.93. The first-order valence-electron chi connectivity index (χ1n) is 7.99. The van der Waals surface area contributed by atoms with Crippen LogP contribution in [0.5, 0.6) is 0 Å². The average molecular weight is 268 g/mol. The van der Waals surface area contributed by atoms with E-state index in [1.54, 1.807) is 0 Å². The van der Waals surface area contributed by atoms with Gasteiger partial charge in [-0.1, -0.05) is 20.8 Å². The highest BCUT2D eigenvalue weighted by Gasteiger charge is 2.35. The van der Waals surface area contributed by atoms with Crippen LogP contribution in [0.4, 0.5) is 0 Å². The molecular formula is C16H32N2O. The van der Waals surface area contributed by atoms with Gasteiger partial charge in [0.1, 0.15) is 0 Å². The highest BCUT2D eigenvalue weighted by molar-refractivity contribution is 4.88. The zero-order valence-corrected chi connectivity index (χ0v) is 13.2. The summed E-state index contributed by atoms with van der Waals surface area (Å²) in [7, 11) is 1.86. The number of likely N-dealkylation sites (tertiary alicyclic amines) is 1. The zero-order valence-electron chi connectivity index (χ0n) is 13.2. The van der Waals surface area contributed by atoms with E-state index >= 15 is 0 Å². The Bertz CT molecular complexity index is 274. The molecule has 19 heavy (non-hydrogen) atoms. The molecule has 2 aliphatic rings. The van der Waals surface area contributed by atoms with Gasteiger partial charge in [0.05, 0.1) is 6.10 Å². The van der Waals surface area contributed by atoms with Gasteiger partial charge in [-0.2, -0.15) is 0 Å². The van der Waals surface area contributed by atoms with E-state index in [4.69, 9.17) is 4.74 Å². The first-order chi connectivity index (χ1) is 9.03. The fourth-order valence-corrected chi connectivity index (χ4v) is 3.77. The summed E-state index contributed by atoms with van der Waals surface area (Å²) in [6.45, 7) is 13.2. The molecule has 2 fully saturated rings. The predicted octanol–water partition coefficient (Wildman–Crippen LogP) is 2.37. The fourth-order valence-electron chi connectivity index (χ4n) is 3.77. The maximum Gasteiger partial charge on any atom is 0.0724 e. The van der Waals surface area contributed by atoms with Crippen molar-refractivity contribution >= 4 is 0 Å². The molecule has 2 aliphatic heterocycles. The molecule has 3 nitrogen and oxygen atoms in total. The first kappa shape index (κ1) is 15.3. The third-order valence-electron chi connectivity index (χ3n) is 5.31. The van der Waals surface area contributed by atoms with Crippen molar-refractivity contribution in [1.29, 1.82) is 0 Å². The van der Waals surface area contributed by atoms with E-state index in [0.717, 1.165) is 12.5 Å². The van der Waals surface area contributed by atoms with Crippen LogP contribution in [-0.2, 0) is 4.74 Å². The van der Waals surface area contributed by atoms with Gasteiger partial charge in [-0.05, 0) is 56.1 Å².